The van der Waals surface area contributed by atoms with Crippen LogP contribution in [0.15, 0.2) is 18.0 Å². The van der Waals surface area contributed by atoms with Crippen LogP contribution in [0, 0.1) is 30.4 Å². The number of ether oxygens (including phenoxy) is 1. The van der Waals surface area contributed by atoms with E-state index in [9.17, 15) is 13.2 Å². The van der Waals surface area contributed by atoms with Gasteiger partial charge < -0.3 is 4.74 Å². The molecule has 1 saturated carbocycles. The van der Waals surface area contributed by atoms with Crippen LogP contribution in [0.4, 0.5) is 13.2 Å². The summed E-state index contributed by atoms with van der Waals surface area (Å²) in [6.07, 6.45) is 6.23. The topological polar surface area (TPSA) is 9.23 Å². The molecular weight excluding hydrogens is 313 g/mol. The van der Waals surface area contributed by atoms with Crippen LogP contribution >= 0.6 is 0 Å². The number of rotatable bonds is 3. The van der Waals surface area contributed by atoms with Gasteiger partial charge in [0.15, 0.2) is 11.6 Å². The molecule has 1 aromatic carbocycles. The molecule has 0 bridgehead atoms. The van der Waals surface area contributed by atoms with E-state index in [1.54, 1.807) is 7.11 Å². The zero-order chi connectivity index (χ0) is 17.3. The minimum absolute atomic E-state index is 0.0946. The van der Waals surface area contributed by atoms with Crippen molar-refractivity contribution in [2.45, 2.75) is 58.0 Å². The first-order chi connectivity index (χ1) is 11.5. The molecule has 4 heteroatoms. The highest BCUT2D eigenvalue weighted by Crippen LogP contribution is 2.44. The van der Waals surface area contributed by atoms with Crippen molar-refractivity contribution in [3.8, 4) is 0 Å². The Bertz CT molecular complexity index is 630. The average Bonchev–Trinajstić information content (AvgIpc) is 2.60. The second-order valence-corrected chi connectivity index (χ2v) is 7.22. The number of allylic oxidation sites excluding steroid dienone is 2. The third kappa shape index (κ3) is 3.39. The van der Waals surface area contributed by atoms with E-state index in [4.69, 9.17) is 4.74 Å². The molecule has 0 aliphatic heterocycles. The number of hydrogen-bond donors (Lipinski definition) is 0. The smallest absolute Gasteiger partial charge is 0.166 e. The van der Waals surface area contributed by atoms with E-state index in [0.717, 1.165) is 32.1 Å². The minimum Gasteiger partial charge on any atom is -0.381 e. The van der Waals surface area contributed by atoms with E-state index in [-0.39, 0.29) is 17.0 Å². The first kappa shape index (κ1) is 17.5. The van der Waals surface area contributed by atoms with Gasteiger partial charge in [0.05, 0.1) is 6.10 Å². The van der Waals surface area contributed by atoms with Gasteiger partial charge in [0.1, 0.15) is 5.83 Å². The van der Waals surface area contributed by atoms with Crippen LogP contribution in [0.2, 0.25) is 0 Å². The van der Waals surface area contributed by atoms with E-state index in [0.29, 0.717) is 36.4 Å². The van der Waals surface area contributed by atoms with Gasteiger partial charge in [-0.1, -0.05) is 12.1 Å². The van der Waals surface area contributed by atoms with E-state index >= 15 is 0 Å². The first-order valence-corrected chi connectivity index (χ1v) is 8.86. The molecule has 1 unspecified atom stereocenters. The number of methoxy groups -OCH3 is 1. The minimum atomic E-state index is -0.917. The lowest BCUT2D eigenvalue weighted by Crippen LogP contribution is -2.27. The van der Waals surface area contributed by atoms with Crippen molar-refractivity contribution < 1.29 is 17.9 Å². The van der Waals surface area contributed by atoms with Gasteiger partial charge in [0, 0.05) is 19.1 Å². The van der Waals surface area contributed by atoms with Gasteiger partial charge in [0.25, 0.3) is 0 Å². The number of hydrogen-bond acceptors (Lipinski definition) is 1. The lowest BCUT2D eigenvalue weighted by Gasteiger charge is -2.35. The number of halogens is 3. The highest BCUT2D eigenvalue weighted by atomic mass is 19.2. The molecule has 24 heavy (non-hydrogen) atoms. The standard InChI is InChI=1S/C20H25F3O/c1-12-3-9-17(20(23)19(12)22)16-10-6-14(11-18(16)21)13-4-7-15(24-2)8-5-13/h3,9,13-15H,4-8,10-11H2,1-2H3. The Morgan fingerprint density at radius 2 is 1.62 bits per heavy atom. The molecule has 2 aliphatic rings. The number of benzene rings is 1. The molecule has 0 spiro atoms. The van der Waals surface area contributed by atoms with Crippen LogP contribution in [0.3, 0.4) is 0 Å². The maximum Gasteiger partial charge on any atom is 0.166 e. The van der Waals surface area contributed by atoms with Crippen LogP contribution in [0.1, 0.15) is 56.1 Å². The van der Waals surface area contributed by atoms with Crippen molar-refractivity contribution in [2.24, 2.45) is 11.8 Å². The van der Waals surface area contributed by atoms with Crippen LogP contribution in [-0.4, -0.2) is 13.2 Å². The van der Waals surface area contributed by atoms with Crippen LogP contribution < -0.4 is 0 Å². The van der Waals surface area contributed by atoms with E-state index < -0.39 is 11.6 Å². The third-order valence-corrected chi connectivity index (χ3v) is 5.85. The van der Waals surface area contributed by atoms with Crippen molar-refractivity contribution in [3.63, 3.8) is 0 Å². The molecule has 132 valence electrons. The highest BCUT2D eigenvalue weighted by Gasteiger charge is 2.32. The summed E-state index contributed by atoms with van der Waals surface area (Å²) in [5, 5.41) is 0. The second-order valence-electron chi connectivity index (χ2n) is 7.22. The van der Waals surface area contributed by atoms with E-state index in [2.05, 4.69) is 0 Å². The van der Waals surface area contributed by atoms with Crippen molar-refractivity contribution in [1.82, 2.24) is 0 Å². The molecule has 0 N–H and O–H groups in total. The van der Waals surface area contributed by atoms with Crippen LogP contribution in [-0.2, 0) is 4.74 Å². The van der Waals surface area contributed by atoms with Gasteiger partial charge in [-0.25, -0.2) is 13.2 Å². The summed E-state index contributed by atoms with van der Waals surface area (Å²) in [5.74, 6) is -1.22. The number of aryl methyl sites for hydroxylation is 1. The fourth-order valence-corrected chi connectivity index (χ4v) is 4.28. The predicted molar refractivity (Wildman–Crippen MR) is 89.2 cm³/mol. The Labute approximate surface area is 141 Å². The molecular formula is C20H25F3O. The Hall–Kier alpha value is -1.29. The Morgan fingerprint density at radius 3 is 2.25 bits per heavy atom. The molecule has 1 aromatic rings. The summed E-state index contributed by atoms with van der Waals surface area (Å²) in [5.41, 5.74) is 0.700. The lowest BCUT2D eigenvalue weighted by molar-refractivity contribution is 0.0444. The fourth-order valence-electron chi connectivity index (χ4n) is 4.28. The Morgan fingerprint density at radius 1 is 0.917 bits per heavy atom. The summed E-state index contributed by atoms with van der Waals surface area (Å²) in [6, 6.07) is 3.03. The SMILES string of the molecule is COC1CCC(C2CCC(c3ccc(C)c(F)c3F)=C(F)C2)CC1. The molecule has 1 nitrogen and oxygen atoms in total. The predicted octanol–water partition coefficient (Wildman–Crippen LogP) is 5.96. The first-order valence-electron chi connectivity index (χ1n) is 8.86. The molecule has 0 amide bonds. The zero-order valence-corrected chi connectivity index (χ0v) is 14.4. The van der Waals surface area contributed by atoms with E-state index in [1.807, 2.05) is 0 Å². The van der Waals surface area contributed by atoms with Gasteiger partial charge in [-0.05, 0) is 68.4 Å². The van der Waals surface area contributed by atoms with Crippen molar-refractivity contribution in [2.75, 3.05) is 7.11 Å². The van der Waals surface area contributed by atoms with Gasteiger partial charge in [-0.15, -0.1) is 0 Å². The third-order valence-electron chi connectivity index (χ3n) is 5.85. The summed E-state index contributed by atoms with van der Waals surface area (Å²) in [7, 11) is 1.75. The van der Waals surface area contributed by atoms with Gasteiger partial charge >= 0.3 is 0 Å². The normalized spacial score (nSPS) is 28.3. The molecule has 2 aliphatic carbocycles. The Balaban J connectivity index is 1.74. The quantitative estimate of drug-likeness (QED) is 0.661. The molecule has 3 rings (SSSR count). The summed E-state index contributed by atoms with van der Waals surface area (Å²) in [6.45, 7) is 1.51. The van der Waals surface area contributed by atoms with Gasteiger partial charge in [-0.2, -0.15) is 0 Å². The van der Waals surface area contributed by atoms with Crippen LogP contribution in [0.25, 0.3) is 5.57 Å². The maximum atomic E-state index is 14.7. The molecule has 1 atom stereocenters. The zero-order valence-electron chi connectivity index (χ0n) is 14.4. The summed E-state index contributed by atoms with van der Waals surface area (Å²) >= 11 is 0. The van der Waals surface area contributed by atoms with Crippen molar-refractivity contribution in [1.29, 1.82) is 0 Å². The molecule has 0 saturated heterocycles. The summed E-state index contributed by atoms with van der Waals surface area (Å²) < 4.78 is 48.0. The largest absolute Gasteiger partial charge is 0.381 e. The fraction of sp³-hybridized carbons (Fsp3) is 0.600. The molecule has 0 aromatic heterocycles. The lowest BCUT2D eigenvalue weighted by atomic mass is 9.72. The highest BCUT2D eigenvalue weighted by molar-refractivity contribution is 5.69. The van der Waals surface area contributed by atoms with Crippen molar-refractivity contribution >= 4 is 5.57 Å². The molecule has 0 heterocycles. The average molecular weight is 338 g/mol. The van der Waals surface area contributed by atoms with E-state index in [1.165, 1.54) is 19.1 Å². The van der Waals surface area contributed by atoms with Crippen LogP contribution in [0.5, 0.6) is 0 Å². The summed E-state index contributed by atoms with van der Waals surface area (Å²) in [4.78, 5) is 0. The Kier molecular flexibility index (Phi) is 5.33. The van der Waals surface area contributed by atoms with Gasteiger partial charge in [0.2, 0.25) is 0 Å². The second kappa shape index (κ2) is 7.30. The molecule has 1 fully saturated rings. The van der Waals surface area contributed by atoms with Crippen molar-refractivity contribution in [3.05, 3.63) is 40.7 Å². The maximum absolute atomic E-state index is 14.7. The molecule has 0 radical (unpaired) electrons. The van der Waals surface area contributed by atoms with Gasteiger partial charge in [-0.3, -0.25) is 0 Å². The monoisotopic (exact) mass is 338 g/mol.